The van der Waals surface area contributed by atoms with Crippen molar-refractivity contribution in [1.29, 1.82) is 0 Å². The number of carbonyl (C=O) groups excluding carboxylic acids is 3. The van der Waals surface area contributed by atoms with Gasteiger partial charge in [-0.1, -0.05) is 70.8 Å². The van der Waals surface area contributed by atoms with Gasteiger partial charge in [0.15, 0.2) is 0 Å². The van der Waals surface area contributed by atoms with Gasteiger partial charge in [0.05, 0.1) is 18.2 Å². The molecule has 1 heterocycles. The lowest BCUT2D eigenvalue weighted by atomic mass is 9.53. The molecule has 3 atom stereocenters. The van der Waals surface area contributed by atoms with E-state index in [1.54, 1.807) is 18.4 Å². The molecule has 1 amide bonds. The van der Waals surface area contributed by atoms with Crippen molar-refractivity contribution in [3.05, 3.63) is 48.0 Å². The van der Waals surface area contributed by atoms with Gasteiger partial charge in [-0.2, -0.15) is 0 Å². The van der Waals surface area contributed by atoms with Crippen LogP contribution >= 0.6 is 0 Å². The lowest BCUT2D eigenvalue weighted by Gasteiger charge is -2.64. The molecule has 0 saturated carbocycles. The number of benzene rings is 1. The van der Waals surface area contributed by atoms with Crippen LogP contribution in [0.5, 0.6) is 0 Å². The van der Waals surface area contributed by atoms with Gasteiger partial charge in [-0.15, -0.1) is 0 Å². The lowest BCUT2D eigenvalue weighted by molar-refractivity contribution is -0.193. The normalized spacial score (nSPS) is 21.6. The molecule has 0 unspecified atom stereocenters. The summed E-state index contributed by atoms with van der Waals surface area (Å²) in [5, 5.41) is 0. The summed E-state index contributed by atoms with van der Waals surface area (Å²) >= 11 is 0. The molecule has 0 aliphatic carbocycles. The predicted octanol–water partition coefficient (Wildman–Crippen LogP) is 4.07. The van der Waals surface area contributed by atoms with Crippen molar-refractivity contribution in [2.75, 3.05) is 6.61 Å². The Kier molecular flexibility index (Phi) is 7.93. The Labute approximate surface area is 192 Å². The highest BCUT2D eigenvalue weighted by Gasteiger charge is 2.71. The Balaban J connectivity index is 2.33. The van der Waals surface area contributed by atoms with E-state index in [-0.39, 0.29) is 24.7 Å². The molecule has 1 saturated heterocycles. The monoisotopic (exact) mass is 461 g/mol. The van der Waals surface area contributed by atoms with E-state index in [2.05, 4.69) is 6.58 Å². The Bertz CT molecular complexity index is 863. The van der Waals surface area contributed by atoms with Crippen molar-refractivity contribution in [2.24, 2.45) is 10.8 Å². The van der Waals surface area contributed by atoms with Crippen molar-refractivity contribution in [3.8, 4) is 0 Å². The van der Waals surface area contributed by atoms with E-state index in [1.165, 1.54) is 0 Å². The molecule has 8 heteroatoms. The van der Waals surface area contributed by atoms with Crippen LogP contribution in [0.1, 0.15) is 40.2 Å². The minimum absolute atomic E-state index is 0.0624. The maximum absolute atomic E-state index is 13.6. The van der Waals surface area contributed by atoms with Crippen LogP contribution in [0.25, 0.3) is 0 Å². The molecule has 0 aromatic heterocycles. The zero-order valence-electron chi connectivity index (χ0n) is 20.1. The maximum atomic E-state index is 13.6. The van der Waals surface area contributed by atoms with E-state index >= 15 is 0 Å². The van der Waals surface area contributed by atoms with Crippen LogP contribution in [-0.4, -0.2) is 50.3 Å². The van der Waals surface area contributed by atoms with Gasteiger partial charge >= 0.3 is 12.1 Å². The fraction of sp³-hybridized carbons (Fsp3) is 0.542. The number of esters is 1. The average molecular weight is 462 g/mol. The molecule has 1 fully saturated rings. The van der Waals surface area contributed by atoms with Crippen molar-refractivity contribution in [2.45, 2.75) is 66.5 Å². The minimum atomic E-state index is -1.65. The lowest BCUT2D eigenvalue weighted by Crippen LogP contribution is -2.80. The summed E-state index contributed by atoms with van der Waals surface area (Å²) in [5.41, 5.74) is -0.771. The van der Waals surface area contributed by atoms with E-state index in [1.807, 2.05) is 64.2 Å². The molecule has 2 rings (SSSR count). The number of rotatable bonds is 8. The number of amides is 1. The van der Waals surface area contributed by atoms with E-state index in [9.17, 15) is 14.4 Å². The highest BCUT2D eigenvalue weighted by Crippen LogP contribution is 2.57. The fourth-order valence-corrected chi connectivity index (χ4v) is 6.33. The van der Waals surface area contributed by atoms with Crippen LogP contribution in [0.3, 0.4) is 0 Å². The third kappa shape index (κ3) is 4.60. The predicted molar refractivity (Wildman–Crippen MR) is 124 cm³/mol. The number of β-lactam (4-membered cyclic amide) rings is 1. The van der Waals surface area contributed by atoms with Gasteiger partial charge in [0.25, 0.3) is 0 Å². The number of carbonyl (C=O) groups is 3. The maximum Gasteiger partial charge on any atom is 0.508 e. The molecule has 0 spiro atoms. The molecule has 1 aromatic carbocycles. The smallest absolute Gasteiger partial charge is 0.463 e. The second-order valence-corrected chi connectivity index (χ2v) is 12.1. The second-order valence-electron chi connectivity index (χ2n) is 9.36. The summed E-state index contributed by atoms with van der Waals surface area (Å²) in [6.07, 6.45) is -1.71. The molecular weight excluding hydrogens is 426 g/mol. The number of ether oxygens (including phenoxy) is 3. The third-order valence-electron chi connectivity index (χ3n) is 6.08. The first-order valence-corrected chi connectivity index (χ1v) is 13.8. The highest BCUT2D eigenvalue weighted by atomic mass is 28.3. The minimum Gasteiger partial charge on any atom is -0.463 e. The number of nitrogens with zero attached hydrogens (tertiary/aromatic N) is 1. The number of hydrogen-bond donors (Lipinski definition) is 0. The van der Waals surface area contributed by atoms with Crippen molar-refractivity contribution < 1.29 is 28.6 Å². The first-order chi connectivity index (χ1) is 14.9. The molecule has 176 valence electrons. The summed E-state index contributed by atoms with van der Waals surface area (Å²) in [5.74, 6) is -0.678. The van der Waals surface area contributed by atoms with Crippen molar-refractivity contribution >= 4 is 27.0 Å². The molecule has 0 bridgehead atoms. The van der Waals surface area contributed by atoms with Gasteiger partial charge in [-0.3, -0.25) is 4.79 Å². The molecule has 1 aromatic rings. The summed E-state index contributed by atoms with van der Waals surface area (Å²) in [7, 11) is -1.65. The van der Waals surface area contributed by atoms with E-state index in [0.717, 1.165) is 5.56 Å². The van der Waals surface area contributed by atoms with Crippen LogP contribution in [0, 0.1) is 10.8 Å². The molecule has 0 radical (unpaired) electrons. The van der Waals surface area contributed by atoms with E-state index in [4.69, 9.17) is 14.2 Å². The Morgan fingerprint density at radius 2 is 1.78 bits per heavy atom. The Hall–Kier alpha value is -2.61. The van der Waals surface area contributed by atoms with Crippen molar-refractivity contribution in [1.82, 2.24) is 4.57 Å². The molecule has 32 heavy (non-hydrogen) atoms. The molecule has 7 nitrogen and oxygen atoms in total. The van der Waals surface area contributed by atoms with E-state index in [0.29, 0.717) is 0 Å². The molecule has 0 N–H and O–H groups in total. The first kappa shape index (κ1) is 25.6. The summed E-state index contributed by atoms with van der Waals surface area (Å²) in [6.45, 7) is 17.4. The molecular formula is C24H35NO6Si. The second kappa shape index (κ2) is 9.89. The standard InChI is InChI=1S/C24H35NO6Si/c1-9-29-20(26)16(2)19-24(23(4,5)6,21(27)25(19)32(7)8)17(3)31-22(28)30-15-18-13-11-10-12-14-18/h10-14,17,19,32H,2,9,15H2,1,3-8H3/t17-,19-,24+/m1/s1. The van der Waals surface area contributed by atoms with Crippen LogP contribution in [0.15, 0.2) is 42.5 Å². The largest absolute Gasteiger partial charge is 0.508 e. The summed E-state index contributed by atoms with van der Waals surface area (Å²) in [4.78, 5) is 38.7. The van der Waals surface area contributed by atoms with Crippen molar-refractivity contribution in [3.63, 3.8) is 0 Å². The van der Waals surface area contributed by atoms with Gasteiger partial charge < -0.3 is 18.8 Å². The van der Waals surface area contributed by atoms with Crippen LogP contribution in [0.4, 0.5) is 4.79 Å². The van der Waals surface area contributed by atoms with Gasteiger partial charge in [0.1, 0.15) is 27.1 Å². The van der Waals surface area contributed by atoms with Gasteiger partial charge in [0.2, 0.25) is 5.91 Å². The SMILES string of the molecule is C=C(C(=O)OCC)[C@H]1N([SiH](C)C)C(=O)[C@@]1([C@@H](C)OC(=O)OCc1ccccc1)C(C)(C)C. The quantitative estimate of drug-likeness (QED) is 0.251. The topological polar surface area (TPSA) is 82.1 Å². The van der Waals surface area contributed by atoms with Crippen LogP contribution in [-0.2, 0) is 30.4 Å². The zero-order chi connectivity index (χ0) is 24.3. The Morgan fingerprint density at radius 1 is 1.19 bits per heavy atom. The third-order valence-corrected chi connectivity index (χ3v) is 7.72. The van der Waals surface area contributed by atoms with Crippen LogP contribution < -0.4 is 0 Å². The van der Waals surface area contributed by atoms with Gasteiger partial charge in [0, 0.05) is 0 Å². The summed E-state index contributed by atoms with van der Waals surface area (Å²) in [6, 6.07) is 8.65. The molecule has 1 aliphatic heterocycles. The number of hydrogen-bond acceptors (Lipinski definition) is 6. The fourth-order valence-electron chi connectivity index (χ4n) is 4.64. The average Bonchev–Trinajstić information content (AvgIpc) is 2.69. The first-order valence-electron chi connectivity index (χ1n) is 11.0. The van der Waals surface area contributed by atoms with E-state index < -0.39 is 44.1 Å². The van der Waals surface area contributed by atoms with Gasteiger partial charge in [-0.05, 0) is 24.8 Å². The highest BCUT2D eigenvalue weighted by molar-refractivity contribution is 6.57. The van der Waals surface area contributed by atoms with Crippen LogP contribution in [0.2, 0.25) is 13.1 Å². The Morgan fingerprint density at radius 3 is 2.28 bits per heavy atom. The van der Waals surface area contributed by atoms with Gasteiger partial charge in [-0.25, -0.2) is 9.59 Å². The molecule has 1 aliphatic rings. The summed E-state index contributed by atoms with van der Waals surface area (Å²) < 4.78 is 17.8. The zero-order valence-corrected chi connectivity index (χ0v) is 21.3.